The third-order valence-electron chi connectivity index (χ3n) is 2.05. The summed E-state index contributed by atoms with van der Waals surface area (Å²) in [6.45, 7) is 0.293. The van der Waals surface area contributed by atoms with Crippen LogP contribution in [0, 0.1) is 0 Å². The zero-order chi connectivity index (χ0) is 12.7. The van der Waals surface area contributed by atoms with Crippen LogP contribution >= 0.6 is 11.6 Å². The molecule has 0 fully saturated rings. The molecule has 0 unspecified atom stereocenters. The first kappa shape index (κ1) is 13.5. The molecule has 0 atom stereocenters. The average Bonchev–Trinajstić information content (AvgIpc) is 2.38. The van der Waals surface area contributed by atoms with E-state index in [0.29, 0.717) is 30.0 Å². The number of halogens is 1. The summed E-state index contributed by atoms with van der Waals surface area (Å²) in [7, 11) is 1.30. The van der Waals surface area contributed by atoms with Crippen molar-refractivity contribution in [1.29, 1.82) is 0 Å². The molecule has 0 heterocycles. The lowest BCUT2D eigenvalue weighted by molar-refractivity contribution is 0.0504. The monoisotopic (exact) mass is 256 g/mol. The molecule has 1 rings (SSSR count). The lowest BCUT2D eigenvalue weighted by atomic mass is 10.1. The van der Waals surface area contributed by atoms with E-state index in [-0.39, 0.29) is 0 Å². The Hall–Kier alpha value is -1.55. The molecule has 0 spiro atoms. The number of ether oxygens (including phenoxy) is 2. The van der Waals surface area contributed by atoms with Gasteiger partial charge in [0.25, 0.3) is 0 Å². The fraction of sp³-hybridized carbons (Fsp3) is 0.333. The first-order valence-electron chi connectivity index (χ1n) is 5.10. The maximum atomic E-state index is 11.5. The van der Waals surface area contributed by atoms with Gasteiger partial charge in [-0.3, -0.25) is 0 Å². The van der Waals surface area contributed by atoms with Crippen LogP contribution in [0.2, 0.25) is 0 Å². The zero-order valence-corrected chi connectivity index (χ0v) is 10.2. The SMILES string of the molecule is COC(=O)c1ccc(C(=O)OCCCCl)cc1. The van der Waals surface area contributed by atoms with Crippen LogP contribution in [0.25, 0.3) is 0 Å². The number of carbonyl (C=O) groups excluding carboxylic acids is 2. The van der Waals surface area contributed by atoms with Crippen LogP contribution in [0.4, 0.5) is 0 Å². The predicted octanol–water partition coefficient (Wildman–Crippen LogP) is 2.26. The molecule has 1 aromatic rings. The van der Waals surface area contributed by atoms with Crippen LogP contribution in [0.15, 0.2) is 24.3 Å². The van der Waals surface area contributed by atoms with Crippen LogP contribution < -0.4 is 0 Å². The van der Waals surface area contributed by atoms with Gasteiger partial charge in [0.05, 0.1) is 24.8 Å². The van der Waals surface area contributed by atoms with Crippen molar-refractivity contribution in [3.05, 3.63) is 35.4 Å². The fourth-order valence-electron chi connectivity index (χ4n) is 1.16. The van der Waals surface area contributed by atoms with Gasteiger partial charge >= 0.3 is 11.9 Å². The largest absolute Gasteiger partial charge is 0.465 e. The van der Waals surface area contributed by atoms with Crippen molar-refractivity contribution in [1.82, 2.24) is 0 Å². The van der Waals surface area contributed by atoms with Gasteiger partial charge in [0, 0.05) is 5.88 Å². The van der Waals surface area contributed by atoms with Crippen molar-refractivity contribution in [2.45, 2.75) is 6.42 Å². The van der Waals surface area contributed by atoms with Gasteiger partial charge in [-0.05, 0) is 30.7 Å². The van der Waals surface area contributed by atoms with Crippen LogP contribution in [-0.4, -0.2) is 31.5 Å². The lowest BCUT2D eigenvalue weighted by Crippen LogP contribution is -2.07. The van der Waals surface area contributed by atoms with Crippen LogP contribution in [-0.2, 0) is 9.47 Å². The van der Waals surface area contributed by atoms with Gasteiger partial charge in [-0.1, -0.05) is 0 Å². The van der Waals surface area contributed by atoms with Gasteiger partial charge in [0.2, 0.25) is 0 Å². The zero-order valence-electron chi connectivity index (χ0n) is 9.44. The Morgan fingerprint density at radius 3 is 2.12 bits per heavy atom. The number of hydrogen-bond donors (Lipinski definition) is 0. The van der Waals surface area contributed by atoms with E-state index in [1.807, 2.05) is 0 Å². The van der Waals surface area contributed by atoms with Crippen molar-refractivity contribution in [2.24, 2.45) is 0 Å². The van der Waals surface area contributed by atoms with Gasteiger partial charge in [-0.2, -0.15) is 0 Å². The van der Waals surface area contributed by atoms with Gasteiger partial charge in [0.1, 0.15) is 0 Å². The van der Waals surface area contributed by atoms with E-state index in [4.69, 9.17) is 16.3 Å². The molecule has 0 aliphatic carbocycles. The van der Waals surface area contributed by atoms with E-state index < -0.39 is 11.9 Å². The maximum absolute atomic E-state index is 11.5. The Bertz CT molecular complexity index is 386. The summed E-state index contributed by atoms with van der Waals surface area (Å²) in [4.78, 5) is 22.6. The Kier molecular flexibility index (Phi) is 5.49. The quantitative estimate of drug-likeness (QED) is 0.461. The second kappa shape index (κ2) is 6.91. The molecule has 17 heavy (non-hydrogen) atoms. The number of benzene rings is 1. The predicted molar refractivity (Wildman–Crippen MR) is 63.4 cm³/mol. The van der Waals surface area contributed by atoms with E-state index in [2.05, 4.69) is 4.74 Å². The molecular weight excluding hydrogens is 244 g/mol. The molecule has 4 nitrogen and oxygen atoms in total. The van der Waals surface area contributed by atoms with Crippen molar-refractivity contribution in [3.63, 3.8) is 0 Å². The molecule has 0 N–H and O–H groups in total. The highest BCUT2D eigenvalue weighted by Gasteiger charge is 2.09. The highest BCUT2D eigenvalue weighted by atomic mass is 35.5. The van der Waals surface area contributed by atoms with Crippen molar-refractivity contribution in [3.8, 4) is 0 Å². The first-order valence-corrected chi connectivity index (χ1v) is 5.64. The summed E-state index contributed by atoms with van der Waals surface area (Å²) in [5.41, 5.74) is 0.789. The molecule has 0 aromatic heterocycles. The molecule has 0 bridgehead atoms. The third-order valence-corrected chi connectivity index (χ3v) is 2.32. The average molecular weight is 257 g/mol. The molecule has 0 saturated heterocycles. The summed E-state index contributed by atoms with van der Waals surface area (Å²) in [6.07, 6.45) is 0.619. The summed E-state index contributed by atoms with van der Waals surface area (Å²) in [5.74, 6) is -0.409. The highest BCUT2D eigenvalue weighted by Crippen LogP contribution is 2.07. The van der Waals surface area contributed by atoms with Crippen LogP contribution in [0.1, 0.15) is 27.1 Å². The smallest absolute Gasteiger partial charge is 0.338 e. The number of rotatable bonds is 5. The summed E-state index contributed by atoms with van der Waals surface area (Å²) >= 11 is 5.46. The third kappa shape index (κ3) is 4.07. The second-order valence-corrected chi connectivity index (χ2v) is 3.63. The van der Waals surface area contributed by atoms with E-state index in [0.717, 1.165) is 0 Å². The molecule has 1 aromatic carbocycles. The summed E-state index contributed by atoms with van der Waals surface area (Å²) in [5, 5.41) is 0. The van der Waals surface area contributed by atoms with E-state index in [1.165, 1.54) is 31.4 Å². The van der Waals surface area contributed by atoms with Gasteiger partial charge in [-0.25, -0.2) is 9.59 Å². The van der Waals surface area contributed by atoms with Gasteiger partial charge in [-0.15, -0.1) is 11.6 Å². The first-order chi connectivity index (χ1) is 8.19. The lowest BCUT2D eigenvalue weighted by Gasteiger charge is -2.04. The second-order valence-electron chi connectivity index (χ2n) is 3.25. The minimum atomic E-state index is -0.438. The van der Waals surface area contributed by atoms with Crippen molar-refractivity contribution >= 4 is 23.5 Å². The molecule has 5 heteroatoms. The number of alkyl halides is 1. The van der Waals surface area contributed by atoms with E-state index in [9.17, 15) is 9.59 Å². The van der Waals surface area contributed by atoms with E-state index >= 15 is 0 Å². The Labute approximate surface area is 104 Å². The van der Waals surface area contributed by atoms with E-state index in [1.54, 1.807) is 0 Å². The number of hydrogen-bond acceptors (Lipinski definition) is 4. The normalized spacial score (nSPS) is 9.76. The van der Waals surface area contributed by atoms with Crippen molar-refractivity contribution < 1.29 is 19.1 Å². The molecule has 0 aliphatic heterocycles. The van der Waals surface area contributed by atoms with Crippen molar-refractivity contribution in [2.75, 3.05) is 19.6 Å². The molecule has 0 amide bonds. The Balaban J connectivity index is 2.61. The molecule has 0 aliphatic rings. The number of esters is 2. The molecule has 0 radical (unpaired) electrons. The topological polar surface area (TPSA) is 52.6 Å². The van der Waals surface area contributed by atoms with Gasteiger partial charge in [0.15, 0.2) is 0 Å². The summed E-state index contributed by atoms with van der Waals surface area (Å²) < 4.78 is 9.50. The number of carbonyl (C=O) groups is 2. The summed E-state index contributed by atoms with van der Waals surface area (Å²) in [6, 6.07) is 6.08. The number of methoxy groups -OCH3 is 1. The Morgan fingerprint density at radius 2 is 1.65 bits per heavy atom. The minimum Gasteiger partial charge on any atom is -0.465 e. The molecule has 0 saturated carbocycles. The minimum absolute atomic E-state index is 0.293. The van der Waals surface area contributed by atoms with Gasteiger partial charge < -0.3 is 9.47 Å². The maximum Gasteiger partial charge on any atom is 0.338 e. The fourth-order valence-corrected chi connectivity index (χ4v) is 1.27. The highest BCUT2D eigenvalue weighted by molar-refractivity contribution is 6.17. The van der Waals surface area contributed by atoms with Crippen LogP contribution in [0.5, 0.6) is 0 Å². The molecular formula is C12H13ClO4. The Morgan fingerprint density at radius 1 is 1.12 bits per heavy atom. The molecule has 92 valence electrons. The standard InChI is InChI=1S/C12H13ClO4/c1-16-11(14)9-3-5-10(6-4-9)12(15)17-8-2-7-13/h3-6H,2,7-8H2,1H3. The van der Waals surface area contributed by atoms with Crippen LogP contribution in [0.3, 0.4) is 0 Å².